The number of hydrogen-bond acceptors (Lipinski definition) is 5. The highest BCUT2D eigenvalue weighted by molar-refractivity contribution is 7.92. The molecule has 1 N–H and O–H groups in total. The van der Waals surface area contributed by atoms with Crippen LogP contribution < -0.4 is 19.1 Å². The van der Waals surface area contributed by atoms with Gasteiger partial charge < -0.3 is 14.8 Å². The van der Waals surface area contributed by atoms with Gasteiger partial charge in [-0.15, -0.1) is 0 Å². The van der Waals surface area contributed by atoms with E-state index in [1.807, 2.05) is 24.3 Å². The number of carbonyl (C=O) groups excluding carboxylic acids is 1. The molecule has 0 unspecified atom stereocenters. The van der Waals surface area contributed by atoms with E-state index >= 15 is 0 Å². The van der Waals surface area contributed by atoms with Crippen molar-refractivity contribution in [2.45, 2.75) is 19.4 Å². The van der Waals surface area contributed by atoms with Gasteiger partial charge in [-0.3, -0.25) is 9.10 Å². The third kappa shape index (κ3) is 6.01. The van der Waals surface area contributed by atoms with E-state index in [0.29, 0.717) is 23.7 Å². The lowest BCUT2D eigenvalue weighted by Crippen LogP contribution is -2.48. The summed E-state index contributed by atoms with van der Waals surface area (Å²) in [5, 5.41) is 3.12. The molecule has 0 bridgehead atoms. The molecule has 0 spiro atoms. The summed E-state index contributed by atoms with van der Waals surface area (Å²) in [4.78, 5) is 12.7. The van der Waals surface area contributed by atoms with Crippen LogP contribution in [0, 0.1) is 0 Å². The lowest BCUT2D eigenvalue weighted by atomic mass is 10.1. The summed E-state index contributed by atoms with van der Waals surface area (Å²) in [6.45, 7) is 1.88. The Labute approximate surface area is 176 Å². The summed E-state index contributed by atoms with van der Waals surface area (Å²) >= 11 is 6.04. The summed E-state index contributed by atoms with van der Waals surface area (Å²) in [7, 11) is -0.757. The van der Waals surface area contributed by atoms with Crippen molar-refractivity contribution < 1.29 is 22.7 Å². The first-order chi connectivity index (χ1) is 13.7. The first kappa shape index (κ1) is 22.8. The molecule has 1 amide bonds. The number of rotatable bonds is 9. The van der Waals surface area contributed by atoms with Gasteiger partial charge in [0, 0.05) is 11.6 Å². The maximum atomic E-state index is 12.7. The monoisotopic (exact) mass is 440 g/mol. The molecule has 29 heavy (non-hydrogen) atoms. The molecule has 0 aliphatic carbocycles. The molecule has 158 valence electrons. The van der Waals surface area contributed by atoms with E-state index in [-0.39, 0.29) is 5.69 Å². The smallest absolute Gasteiger partial charge is 0.243 e. The summed E-state index contributed by atoms with van der Waals surface area (Å²) in [6.07, 6.45) is 1.64. The molecule has 0 fully saturated rings. The van der Waals surface area contributed by atoms with Crippen molar-refractivity contribution in [2.75, 3.05) is 31.3 Å². The van der Waals surface area contributed by atoms with Crippen LogP contribution >= 0.6 is 11.6 Å². The Hall–Kier alpha value is -2.45. The lowest BCUT2D eigenvalue weighted by Gasteiger charge is -2.29. The van der Waals surface area contributed by atoms with E-state index in [0.717, 1.165) is 21.9 Å². The minimum Gasteiger partial charge on any atom is -0.497 e. The van der Waals surface area contributed by atoms with Crippen LogP contribution in [0.1, 0.15) is 12.5 Å². The molecule has 0 saturated heterocycles. The number of ether oxygens (including phenoxy) is 2. The van der Waals surface area contributed by atoms with Crippen LogP contribution in [0.2, 0.25) is 5.02 Å². The molecular formula is C20H25ClN2O5S. The second kappa shape index (κ2) is 9.84. The van der Waals surface area contributed by atoms with Crippen LogP contribution in [0.3, 0.4) is 0 Å². The molecule has 0 radical (unpaired) electrons. The summed E-state index contributed by atoms with van der Waals surface area (Å²) in [5.41, 5.74) is 1.23. The highest BCUT2D eigenvalue weighted by Crippen LogP contribution is 2.34. The SMILES string of the molecule is COc1ccc(CCNC(=O)[C@@H](C)N(c2cc(Cl)ccc2OC)S(C)(=O)=O)cc1. The number of benzene rings is 2. The fourth-order valence-corrected chi connectivity index (χ4v) is 4.22. The number of halogens is 1. The van der Waals surface area contributed by atoms with E-state index in [4.69, 9.17) is 21.1 Å². The van der Waals surface area contributed by atoms with Crippen LogP contribution in [-0.2, 0) is 21.2 Å². The molecule has 7 nitrogen and oxygen atoms in total. The minimum absolute atomic E-state index is 0.209. The third-order valence-corrected chi connectivity index (χ3v) is 5.80. The Balaban J connectivity index is 2.14. The van der Waals surface area contributed by atoms with Gasteiger partial charge in [0.05, 0.1) is 26.2 Å². The van der Waals surface area contributed by atoms with Crippen LogP contribution in [-0.4, -0.2) is 47.4 Å². The standard InChI is InChI=1S/C20H25ClN2O5S/c1-14(20(24)22-12-11-15-5-8-17(27-2)9-6-15)23(29(4,25)26)18-13-16(21)7-10-19(18)28-3/h5-10,13-14H,11-12H2,1-4H3,(H,22,24)/t14-/m1/s1. The third-order valence-electron chi connectivity index (χ3n) is 4.34. The number of hydrogen-bond donors (Lipinski definition) is 1. The Morgan fingerprint density at radius 3 is 2.34 bits per heavy atom. The normalized spacial score (nSPS) is 12.2. The van der Waals surface area contributed by atoms with Gasteiger partial charge in [-0.05, 0) is 49.2 Å². The maximum absolute atomic E-state index is 12.7. The first-order valence-corrected chi connectivity index (χ1v) is 11.1. The second-order valence-corrected chi connectivity index (χ2v) is 8.74. The lowest BCUT2D eigenvalue weighted by molar-refractivity contribution is -0.121. The first-order valence-electron chi connectivity index (χ1n) is 8.91. The zero-order valence-corrected chi connectivity index (χ0v) is 18.4. The fourth-order valence-electron chi connectivity index (χ4n) is 2.89. The minimum atomic E-state index is -3.78. The number of methoxy groups -OCH3 is 2. The summed E-state index contributed by atoms with van der Waals surface area (Å²) in [5.74, 6) is 0.634. The van der Waals surface area contributed by atoms with Gasteiger partial charge in [-0.1, -0.05) is 23.7 Å². The van der Waals surface area contributed by atoms with Crippen molar-refractivity contribution in [3.8, 4) is 11.5 Å². The van der Waals surface area contributed by atoms with E-state index in [1.54, 1.807) is 19.2 Å². The van der Waals surface area contributed by atoms with Crippen molar-refractivity contribution in [1.29, 1.82) is 0 Å². The molecule has 2 aromatic rings. The van der Waals surface area contributed by atoms with Crippen LogP contribution in [0.4, 0.5) is 5.69 Å². The maximum Gasteiger partial charge on any atom is 0.243 e. The number of carbonyl (C=O) groups is 1. The number of nitrogens with one attached hydrogen (secondary N) is 1. The van der Waals surface area contributed by atoms with E-state index in [9.17, 15) is 13.2 Å². The van der Waals surface area contributed by atoms with E-state index in [2.05, 4.69) is 5.32 Å². The molecular weight excluding hydrogens is 416 g/mol. The fraction of sp³-hybridized carbons (Fsp3) is 0.350. The van der Waals surface area contributed by atoms with Crippen molar-refractivity contribution in [3.05, 3.63) is 53.1 Å². The molecule has 9 heteroatoms. The van der Waals surface area contributed by atoms with Gasteiger partial charge >= 0.3 is 0 Å². The van der Waals surface area contributed by atoms with Crippen molar-refractivity contribution in [2.24, 2.45) is 0 Å². The van der Waals surface area contributed by atoms with Gasteiger partial charge in [0.25, 0.3) is 0 Å². The average molecular weight is 441 g/mol. The summed E-state index contributed by atoms with van der Waals surface area (Å²) in [6, 6.07) is 11.1. The Morgan fingerprint density at radius 1 is 1.14 bits per heavy atom. The van der Waals surface area contributed by atoms with Crippen molar-refractivity contribution in [1.82, 2.24) is 5.32 Å². The zero-order chi connectivity index (χ0) is 21.6. The van der Waals surface area contributed by atoms with Crippen LogP contribution in [0.5, 0.6) is 11.5 Å². The molecule has 2 aromatic carbocycles. The predicted molar refractivity (Wildman–Crippen MR) is 114 cm³/mol. The number of amides is 1. The molecule has 1 atom stereocenters. The van der Waals surface area contributed by atoms with Crippen LogP contribution in [0.15, 0.2) is 42.5 Å². The number of nitrogens with zero attached hydrogens (tertiary/aromatic N) is 1. The Morgan fingerprint density at radius 2 is 1.79 bits per heavy atom. The Bertz CT molecular complexity index is 948. The molecule has 0 aliphatic heterocycles. The van der Waals surface area contributed by atoms with E-state index < -0.39 is 22.0 Å². The van der Waals surface area contributed by atoms with Gasteiger partial charge in [0.15, 0.2) is 0 Å². The van der Waals surface area contributed by atoms with Crippen LogP contribution in [0.25, 0.3) is 0 Å². The van der Waals surface area contributed by atoms with Gasteiger partial charge in [-0.2, -0.15) is 0 Å². The topological polar surface area (TPSA) is 84.9 Å². The molecule has 0 aromatic heterocycles. The zero-order valence-electron chi connectivity index (χ0n) is 16.8. The Kier molecular flexibility index (Phi) is 7.75. The largest absolute Gasteiger partial charge is 0.497 e. The molecule has 2 rings (SSSR count). The second-order valence-electron chi connectivity index (χ2n) is 6.44. The van der Waals surface area contributed by atoms with Gasteiger partial charge in [0.1, 0.15) is 17.5 Å². The number of anilines is 1. The molecule has 0 aliphatic rings. The molecule has 0 saturated carbocycles. The quantitative estimate of drug-likeness (QED) is 0.648. The van der Waals surface area contributed by atoms with Crippen molar-refractivity contribution in [3.63, 3.8) is 0 Å². The highest BCUT2D eigenvalue weighted by atomic mass is 35.5. The number of sulfonamides is 1. The predicted octanol–water partition coefficient (Wildman–Crippen LogP) is 2.87. The van der Waals surface area contributed by atoms with E-state index in [1.165, 1.54) is 20.1 Å². The highest BCUT2D eigenvalue weighted by Gasteiger charge is 2.31. The van der Waals surface area contributed by atoms with Crippen molar-refractivity contribution >= 4 is 33.2 Å². The van der Waals surface area contributed by atoms with Gasteiger partial charge in [0.2, 0.25) is 15.9 Å². The van der Waals surface area contributed by atoms with Gasteiger partial charge in [-0.25, -0.2) is 8.42 Å². The molecule has 0 heterocycles. The average Bonchev–Trinajstić information content (AvgIpc) is 2.67. The summed E-state index contributed by atoms with van der Waals surface area (Å²) < 4.78 is 36.3.